The highest BCUT2D eigenvalue weighted by molar-refractivity contribution is 5.97. The number of benzene rings is 2. The minimum absolute atomic E-state index is 0.0866. The van der Waals surface area contributed by atoms with E-state index >= 15 is 0 Å². The van der Waals surface area contributed by atoms with Gasteiger partial charge >= 0.3 is 6.03 Å². The maximum Gasteiger partial charge on any atom is 0.327 e. The van der Waals surface area contributed by atoms with Gasteiger partial charge in [-0.2, -0.15) is 5.48 Å². The smallest absolute Gasteiger partial charge is 0.322 e. The predicted molar refractivity (Wildman–Crippen MR) is 107 cm³/mol. The Morgan fingerprint density at radius 3 is 2.36 bits per heavy atom. The van der Waals surface area contributed by atoms with E-state index in [2.05, 4.69) is 5.48 Å². The van der Waals surface area contributed by atoms with Gasteiger partial charge in [-0.1, -0.05) is 60.7 Å². The number of hydrogen-bond acceptors (Lipinski definition) is 4. The first-order valence-electron chi connectivity index (χ1n) is 9.54. The molecule has 0 unspecified atom stereocenters. The second kappa shape index (κ2) is 8.99. The topological polar surface area (TPSA) is 61.9 Å². The summed E-state index contributed by atoms with van der Waals surface area (Å²) in [6.07, 6.45) is 0.171. The van der Waals surface area contributed by atoms with Gasteiger partial charge < -0.3 is 4.90 Å². The molecule has 3 atom stereocenters. The van der Waals surface area contributed by atoms with Crippen LogP contribution >= 0.6 is 0 Å². The van der Waals surface area contributed by atoms with Crippen LogP contribution in [-0.4, -0.2) is 40.9 Å². The van der Waals surface area contributed by atoms with Crippen LogP contribution in [0.25, 0.3) is 0 Å². The number of nitrogens with zero attached hydrogens (tertiary/aromatic N) is 2. The van der Waals surface area contributed by atoms with Crippen LogP contribution in [0.2, 0.25) is 0 Å². The Hall–Kier alpha value is -2.70. The summed E-state index contributed by atoms with van der Waals surface area (Å²) in [5, 5.41) is 0. The van der Waals surface area contributed by atoms with Crippen molar-refractivity contribution >= 4 is 11.9 Å². The Morgan fingerprint density at radius 1 is 1.11 bits per heavy atom. The van der Waals surface area contributed by atoms with Gasteiger partial charge in [0.2, 0.25) is 5.91 Å². The Morgan fingerprint density at radius 2 is 1.71 bits per heavy atom. The fourth-order valence-electron chi connectivity index (χ4n) is 3.47. The Balaban J connectivity index is 1.62. The molecule has 0 spiro atoms. The van der Waals surface area contributed by atoms with Gasteiger partial charge in [0, 0.05) is 19.5 Å². The number of urea groups is 1. The van der Waals surface area contributed by atoms with E-state index in [1.165, 1.54) is 4.90 Å². The number of hydrogen-bond donors (Lipinski definition) is 1. The van der Waals surface area contributed by atoms with E-state index in [1.54, 1.807) is 11.9 Å². The van der Waals surface area contributed by atoms with Crippen molar-refractivity contribution in [2.45, 2.75) is 45.0 Å². The predicted octanol–water partition coefficient (Wildman–Crippen LogP) is 3.51. The van der Waals surface area contributed by atoms with Gasteiger partial charge in [-0.05, 0) is 25.0 Å². The molecule has 28 heavy (non-hydrogen) atoms. The highest BCUT2D eigenvalue weighted by Crippen LogP contribution is 2.34. The number of carbonyl (C=O) groups is 2. The fourth-order valence-corrected chi connectivity index (χ4v) is 3.47. The van der Waals surface area contributed by atoms with Crippen molar-refractivity contribution in [3.63, 3.8) is 0 Å². The zero-order valence-electron chi connectivity index (χ0n) is 16.5. The van der Waals surface area contributed by atoms with Crippen LogP contribution in [0.5, 0.6) is 0 Å². The number of nitrogens with one attached hydrogen (secondary N) is 1. The quantitative estimate of drug-likeness (QED) is 0.746. The van der Waals surface area contributed by atoms with Crippen LogP contribution in [0.1, 0.15) is 37.4 Å². The average molecular weight is 381 g/mol. The minimum atomic E-state index is -0.288. The highest BCUT2D eigenvalue weighted by atomic mass is 16.6. The molecule has 1 fully saturated rings. The van der Waals surface area contributed by atoms with E-state index in [1.807, 2.05) is 74.5 Å². The summed E-state index contributed by atoms with van der Waals surface area (Å²) in [7, 11) is 1.74. The summed E-state index contributed by atoms with van der Waals surface area (Å²) >= 11 is 0. The zero-order chi connectivity index (χ0) is 20.1. The molecule has 0 radical (unpaired) electrons. The number of imide groups is 1. The van der Waals surface area contributed by atoms with Crippen LogP contribution in [0.3, 0.4) is 0 Å². The molecule has 2 aromatic rings. The van der Waals surface area contributed by atoms with Crippen LogP contribution < -0.4 is 5.48 Å². The molecule has 1 aliphatic rings. The molecule has 0 aromatic heterocycles. The second-order valence-electron chi connectivity index (χ2n) is 7.25. The number of hydroxylamine groups is 1. The lowest BCUT2D eigenvalue weighted by Gasteiger charge is -2.25. The molecule has 2 aromatic carbocycles. The Labute approximate surface area is 166 Å². The molecule has 0 aliphatic carbocycles. The Kier molecular flexibility index (Phi) is 6.44. The second-order valence-corrected chi connectivity index (χ2v) is 7.25. The molecule has 0 bridgehead atoms. The third kappa shape index (κ3) is 4.40. The third-order valence-electron chi connectivity index (χ3n) is 5.11. The number of likely N-dealkylation sites (N-methyl/N-ethyl adjacent to an activating group) is 1. The maximum absolute atomic E-state index is 13.0. The molecule has 0 saturated carbocycles. The van der Waals surface area contributed by atoms with E-state index in [9.17, 15) is 9.59 Å². The monoisotopic (exact) mass is 381 g/mol. The van der Waals surface area contributed by atoms with Crippen LogP contribution in [0, 0.1) is 0 Å². The summed E-state index contributed by atoms with van der Waals surface area (Å²) in [6.45, 7) is 4.25. The van der Waals surface area contributed by atoms with Gasteiger partial charge in [0.15, 0.2) is 0 Å². The van der Waals surface area contributed by atoms with Gasteiger partial charge in [-0.25, -0.2) is 4.79 Å². The normalized spacial score (nSPS) is 20.5. The van der Waals surface area contributed by atoms with Gasteiger partial charge in [-0.15, -0.1) is 0 Å². The first-order valence-corrected chi connectivity index (χ1v) is 9.54. The van der Waals surface area contributed by atoms with Crippen molar-refractivity contribution in [2.24, 2.45) is 0 Å². The van der Waals surface area contributed by atoms with Crippen molar-refractivity contribution < 1.29 is 14.4 Å². The van der Waals surface area contributed by atoms with E-state index < -0.39 is 0 Å². The molecule has 3 amide bonds. The summed E-state index contributed by atoms with van der Waals surface area (Å²) in [5.74, 6) is -0.210. The van der Waals surface area contributed by atoms with Crippen molar-refractivity contribution in [3.05, 3.63) is 71.8 Å². The Bertz CT molecular complexity index is 797. The lowest BCUT2D eigenvalue weighted by atomic mass is 10.00. The van der Waals surface area contributed by atoms with Crippen molar-refractivity contribution in [1.82, 2.24) is 15.3 Å². The lowest BCUT2D eigenvalue weighted by Crippen LogP contribution is -2.40. The van der Waals surface area contributed by atoms with Gasteiger partial charge in [-0.3, -0.25) is 14.5 Å². The van der Waals surface area contributed by atoms with Crippen molar-refractivity contribution in [1.29, 1.82) is 0 Å². The van der Waals surface area contributed by atoms with Crippen molar-refractivity contribution in [3.8, 4) is 0 Å². The zero-order valence-corrected chi connectivity index (χ0v) is 16.5. The molecule has 1 N–H and O–H groups in total. The van der Waals surface area contributed by atoms with Crippen LogP contribution in [0.4, 0.5) is 4.79 Å². The average Bonchev–Trinajstić information content (AvgIpc) is 2.93. The highest BCUT2D eigenvalue weighted by Gasteiger charge is 2.45. The van der Waals surface area contributed by atoms with E-state index in [-0.39, 0.29) is 36.5 Å². The largest absolute Gasteiger partial charge is 0.327 e. The summed E-state index contributed by atoms with van der Waals surface area (Å²) in [6, 6.07) is 18.6. The van der Waals surface area contributed by atoms with Crippen LogP contribution in [0.15, 0.2) is 60.7 Å². The molecule has 148 valence electrons. The minimum Gasteiger partial charge on any atom is -0.322 e. The van der Waals surface area contributed by atoms with E-state index in [4.69, 9.17) is 4.84 Å². The van der Waals surface area contributed by atoms with Gasteiger partial charge in [0.25, 0.3) is 0 Å². The maximum atomic E-state index is 13.0. The van der Waals surface area contributed by atoms with Crippen molar-refractivity contribution in [2.75, 3.05) is 7.05 Å². The van der Waals surface area contributed by atoms with Gasteiger partial charge in [0.05, 0.1) is 18.7 Å². The molecule has 3 rings (SSSR count). The molecule has 1 aliphatic heterocycles. The lowest BCUT2D eigenvalue weighted by molar-refractivity contribution is -0.131. The first-order chi connectivity index (χ1) is 13.5. The molecule has 6 heteroatoms. The SMILES string of the molecule is C[C@H](CC(=O)N1C(=O)N(C)[C@@H](C)[C@H]1c1ccccc1)NOCc1ccccc1. The molecular weight excluding hydrogens is 354 g/mol. The number of amides is 3. The summed E-state index contributed by atoms with van der Waals surface area (Å²) in [4.78, 5) is 34.2. The fraction of sp³-hybridized carbons (Fsp3) is 0.364. The third-order valence-corrected chi connectivity index (χ3v) is 5.11. The standard InChI is InChI=1S/C22H27N3O3/c1-16(23-28-15-18-10-6-4-7-11-18)14-20(26)25-21(17(2)24(3)22(25)27)19-12-8-5-9-13-19/h4-13,16-17,21,23H,14-15H2,1-3H3/t16-,17+,21+/m1/s1. The summed E-state index contributed by atoms with van der Waals surface area (Å²) < 4.78 is 0. The molecule has 1 saturated heterocycles. The van der Waals surface area contributed by atoms with Gasteiger partial charge in [0.1, 0.15) is 0 Å². The first kappa shape index (κ1) is 20.0. The number of carbonyl (C=O) groups excluding carboxylic acids is 2. The number of rotatable bonds is 7. The molecule has 6 nitrogen and oxygen atoms in total. The summed E-state index contributed by atoms with van der Waals surface area (Å²) in [5.41, 5.74) is 4.91. The van der Waals surface area contributed by atoms with E-state index in [0.29, 0.717) is 6.61 Å². The molecular formula is C22H27N3O3. The van der Waals surface area contributed by atoms with E-state index in [0.717, 1.165) is 11.1 Å². The van der Waals surface area contributed by atoms with Crippen LogP contribution in [-0.2, 0) is 16.2 Å². The molecule has 1 heterocycles.